The third-order valence-corrected chi connectivity index (χ3v) is 3.90. The second-order valence-electron chi connectivity index (χ2n) is 3.54. The van der Waals surface area contributed by atoms with E-state index in [-0.39, 0.29) is 0 Å². The van der Waals surface area contributed by atoms with Gasteiger partial charge in [0, 0.05) is 14.9 Å². The van der Waals surface area contributed by atoms with Crippen LogP contribution in [0.25, 0.3) is 10.4 Å². The third-order valence-electron chi connectivity index (χ3n) is 2.28. The number of rotatable bonds is 2. The van der Waals surface area contributed by atoms with Gasteiger partial charge in [-0.05, 0) is 29.8 Å². The molecule has 0 bridgehead atoms. The Morgan fingerprint density at radius 2 is 1.83 bits per heavy atom. The Bertz CT molecular complexity index is 590. The highest BCUT2D eigenvalue weighted by Crippen LogP contribution is 2.36. The van der Waals surface area contributed by atoms with Crippen LogP contribution in [0.15, 0.2) is 24.3 Å². The Morgan fingerprint density at radius 3 is 2.39 bits per heavy atom. The van der Waals surface area contributed by atoms with Gasteiger partial charge in [0.25, 0.3) is 0 Å². The lowest BCUT2D eigenvalue weighted by Crippen LogP contribution is -2.00. The fraction of sp³-hybridized carbons (Fsp3) is 0.0833. The number of carbonyl (C=O) groups excluding carboxylic acids is 1. The number of benzene rings is 1. The molecule has 2 aromatic rings. The maximum absolute atomic E-state index is 11.5. The van der Waals surface area contributed by atoms with Gasteiger partial charge in [0.1, 0.15) is 4.88 Å². The molecule has 0 aliphatic heterocycles. The summed E-state index contributed by atoms with van der Waals surface area (Å²) in [7, 11) is 1.32. The van der Waals surface area contributed by atoms with E-state index in [1.165, 1.54) is 18.4 Å². The van der Waals surface area contributed by atoms with Crippen molar-refractivity contribution in [1.82, 2.24) is 0 Å². The van der Waals surface area contributed by atoms with Gasteiger partial charge >= 0.3 is 5.97 Å². The highest BCUT2D eigenvalue weighted by Gasteiger charge is 2.16. The molecule has 2 N–H and O–H groups in total. The molecule has 0 aliphatic rings. The fourth-order valence-corrected chi connectivity index (χ4v) is 3.01. The molecular formula is C12H9Cl2NO2S. The number of nitrogen functional groups attached to an aromatic ring is 1. The van der Waals surface area contributed by atoms with Crippen molar-refractivity contribution in [2.45, 2.75) is 0 Å². The van der Waals surface area contributed by atoms with E-state index >= 15 is 0 Å². The highest BCUT2D eigenvalue weighted by molar-refractivity contribution is 7.18. The second kappa shape index (κ2) is 5.18. The molecule has 6 heteroatoms. The summed E-state index contributed by atoms with van der Waals surface area (Å²) in [6.07, 6.45) is 0. The van der Waals surface area contributed by atoms with Crippen LogP contribution in [-0.4, -0.2) is 13.1 Å². The van der Waals surface area contributed by atoms with Crippen LogP contribution in [-0.2, 0) is 4.74 Å². The van der Waals surface area contributed by atoms with E-state index in [0.717, 1.165) is 10.4 Å². The minimum atomic E-state index is -0.447. The zero-order valence-corrected chi connectivity index (χ0v) is 11.7. The van der Waals surface area contributed by atoms with Gasteiger partial charge in [-0.3, -0.25) is 0 Å². The van der Waals surface area contributed by atoms with Crippen LogP contribution in [0.2, 0.25) is 10.0 Å². The molecule has 0 fully saturated rings. The van der Waals surface area contributed by atoms with Gasteiger partial charge in [-0.15, -0.1) is 11.3 Å². The van der Waals surface area contributed by atoms with Crippen molar-refractivity contribution in [3.05, 3.63) is 39.2 Å². The molecule has 0 aliphatic carbocycles. The van der Waals surface area contributed by atoms with Crippen molar-refractivity contribution >= 4 is 46.2 Å². The number of hydrogen-bond acceptors (Lipinski definition) is 4. The van der Waals surface area contributed by atoms with Crippen molar-refractivity contribution in [2.75, 3.05) is 12.8 Å². The normalized spacial score (nSPS) is 10.4. The number of carbonyl (C=O) groups is 1. The molecule has 1 aromatic carbocycles. The van der Waals surface area contributed by atoms with E-state index in [1.807, 2.05) is 0 Å². The summed E-state index contributed by atoms with van der Waals surface area (Å²) in [6, 6.07) is 6.88. The van der Waals surface area contributed by atoms with E-state index in [9.17, 15) is 4.79 Å². The molecule has 0 atom stereocenters. The van der Waals surface area contributed by atoms with E-state index in [2.05, 4.69) is 4.74 Å². The zero-order valence-electron chi connectivity index (χ0n) is 9.37. The Labute approximate surface area is 118 Å². The van der Waals surface area contributed by atoms with Crippen LogP contribution in [0.3, 0.4) is 0 Å². The van der Waals surface area contributed by atoms with Crippen LogP contribution in [0, 0.1) is 0 Å². The smallest absolute Gasteiger partial charge is 0.350 e. The number of hydrogen-bond donors (Lipinski definition) is 1. The van der Waals surface area contributed by atoms with Crippen LogP contribution in [0.4, 0.5) is 5.69 Å². The summed E-state index contributed by atoms with van der Waals surface area (Å²) < 4.78 is 4.65. The SMILES string of the molecule is COC(=O)c1sc(-c2cc(Cl)cc(Cl)c2)cc1N. The molecule has 0 amide bonds. The standard InChI is InChI=1S/C12H9Cl2NO2S/c1-17-12(16)11-9(15)5-10(18-11)6-2-7(13)4-8(14)3-6/h2-5H,15H2,1H3. The van der Waals surface area contributed by atoms with Crippen molar-refractivity contribution in [2.24, 2.45) is 0 Å². The number of halogens is 2. The molecule has 0 saturated heterocycles. The maximum Gasteiger partial charge on any atom is 0.350 e. The Balaban J connectivity index is 2.48. The number of ether oxygens (including phenoxy) is 1. The number of nitrogens with two attached hydrogens (primary N) is 1. The average Bonchev–Trinajstić information content (AvgIpc) is 2.69. The Hall–Kier alpha value is -1.23. The molecule has 0 saturated carbocycles. The predicted molar refractivity (Wildman–Crippen MR) is 75.5 cm³/mol. The molecule has 0 unspecified atom stereocenters. The molecule has 94 valence electrons. The lowest BCUT2D eigenvalue weighted by Gasteiger charge is -1.99. The minimum Gasteiger partial charge on any atom is -0.465 e. The number of methoxy groups -OCH3 is 1. The monoisotopic (exact) mass is 301 g/mol. The van der Waals surface area contributed by atoms with Crippen molar-refractivity contribution in [1.29, 1.82) is 0 Å². The summed E-state index contributed by atoms with van der Waals surface area (Å²) in [5.74, 6) is -0.447. The van der Waals surface area contributed by atoms with E-state index in [4.69, 9.17) is 28.9 Å². The highest BCUT2D eigenvalue weighted by atomic mass is 35.5. The first kappa shape index (κ1) is 13.2. The quantitative estimate of drug-likeness (QED) is 0.850. The number of esters is 1. The Morgan fingerprint density at radius 1 is 1.22 bits per heavy atom. The summed E-state index contributed by atoms with van der Waals surface area (Å²) in [5, 5.41) is 1.06. The average molecular weight is 302 g/mol. The first-order chi connectivity index (χ1) is 8.51. The second-order valence-corrected chi connectivity index (χ2v) is 5.47. The van der Waals surface area contributed by atoms with Crippen molar-refractivity contribution in [3.63, 3.8) is 0 Å². The number of thiophene rings is 1. The summed E-state index contributed by atoms with van der Waals surface area (Å²) in [6.45, 7) is 0. The number of anilines is 1. The van der Waals surface area contributed by atoms with Crippen LogP contribution in [0.1, 0.15) is 9.67 Å². The molecule has 18 heavy (non-hydrogen) atoms. The zero-order chi connectivity index (χ0) is 13.3. The van der Waals surface area contributed by atoms with E-state index < -0.39 is 5.97 Å². The summed E-state index contributed by atoms with van der Waals surface area (Å²) in [5.41, 5.74) is 6.98. The summed E-state index contributed by atoms with van der Waals surface area (Å²) >= 11 is 13.1. The van der Waals surface area contributed by atoms with Crippen LogP contribution in [0.5, 0.6) is 0 Å². The van der Waals surface area contributed by atoms with Gasteiger partial charge in [-0.2, -0.15) is 0 Å². The van der Waals surface area contributed by atoms with Gasteiger partial charge in [0.2, 0.25) is 0 Å². The lowest BCUT2D eigenvalue weighted by atomic mass is 10.2. The third kappa shape index (κ3) is 2.61. The van der Waals surface area contributed by atoms with Gasteiger partial charge in [0.15, 0.2) is 0 Å². The van der Waals surface area contributed by atoms with E-state index in [0.29, 0.717) is 20.6 Å². The topological polar surface area (TPSA) is 52.3 Å². The summed E-state index contributed by atoms with van der Waals surface area (Å²) in [4.78, 5) is 12.7. The van der Waals surface area contributed by atoms with Crippen molar-refractivity contribution < 1.29 is 9.53 Å². The first-order valence-electron chi connectivity index (χ1n) is 4.95. The molecule has 3 nitrogen and oxygen atoms in total. The molecular weight excluding hydrogens is 293 g/mol. The van der Waals surface area contributed by atoms with Crippen LogP contribution < -0.4 is 5.73 Å². The Kier molecular flexibility index (Phi) is 3.80. The molecule has 1 heterocycles. The van der Waals surface area contributed by atoms with Crippen LogP contribution >= 0.6 is 34.5 Å². The van der Waals surface area contributed by atoms with E-state index in [1.54, 1.807) is 24.3 Å². The molecule has 0 spiro atoms. The largest absolute Gasteiger partial charge is 0.465 e. The predicted octanol–water partition coefficient (Wildman–Crippen LogP) is 4.09. The minimum absolute atomic E-state index is 0.378. The maximum atomic E-state index is 11.5. The van der Waals surface area contributed by atoms with Gasteiger partial charge in [-0.25, -0.2) is 4.79 Å². The fourth-order valence-electron chi connectivity index (χ4n) is 1.50. The molecule has 0 radical (unpaired) electrons. The lowest BCUT2D eigenvalue weighted by molar-refractivity contribution is 0.0607. The molecule has 1 aromatic heterocycles. The first-order valence-corrected chi connectivity index (χ1v) is 6.52. The van der Waals surface area contributed by atoms with Gasteiger partial charge in [0.05, 0.1) is 12.8 Å². The van der Waals surface area contributed by atoms with Gasteiger partial charge in [-0.1, -0.05) is 23.2 Å². The van der Waals surface area contributed by atoms with Crippen molar-refractivity contribution in [3.8, 4) is 10.4 Å². The van der Waals surface area contributed by atoms with Gasteiger partial charge < -0.3 is 10.5 Å². The molecule has 2 rings (SSSR count).